The Labute approximate surface area is 127 Å². The standard InChI is InChI=1S/C15H15ClN2O3/c1-21-15(20)11-12(16)13(9-4-2-6-17-8-9)18-7-3-5-10(19)14(11)18/h2,4,6,8,10,19H,3,5,7H2,1H3. The number of halogens is 1. The van der Waals surface area contributed by atoms with E-state index in [4.69, 9.17) is 16.3 Å². The second-order valence-corrected chi connectivity index (χ2v) is 5.34. The second kappa shape index (κ2) is 5.50. The molecule has 2 aromatic rings. The summed E-state index contributed by atoms with van der Waals surface area (Å²) in [6.07, 6.45) is 4.09. The number of rotatable bonds is 2. The summed E-state index contributed by atoms with van der Waals surface area (Å²) in [5.41, 5.74) is 2.31. The van der Waals surface area contributed by atoms with Crippen molar-refractivity contribution in [3.63, 3.8) is 0 Å². The first kappa shape index (κ1) is 14.1. The molecule has 1 aliphatic rings. The molecule has 2 aromatic heterocycles. The van der Waals surface area contributed by atoms with E-state index in [1.165, 1.54) is 7.11 Å². The summed E-state index contributed by atoms with van der Waals surface area (Å²) in [4.78, 5) is 16.1. The molecule has 0 saturated heterocycles. The molecule has 5 nitrogen and oxygen atoms in total. The minimum Gasteiger partial charge on any atom is -0.465 e. The zero-order valence-electron chi connectivity index (χ0n) is 11.5. The molecule has 0 saturated carbocycles. The van der Waals surface area contributed by atoms with Crippen LogP contribution in [0.4, 0.5) is 0 Å². The molecule has 0 aromatic carbocycles. The Bertz CT molecular complexity index is 682. The SMILES string of the molecule is COC(=O)c1c(Cl)c(-c2cccnc2)n2c1C(O)CCC2. The van der Waals surface area contributed by atoms with Crippen LogP contribution in [-0.4, -0.2) is 27.7 Å². The fraction of sp³-hybridized carbons (Fsp3) is 0.333. The fourth-order valence-electron chi connectivity index (χ4n) is 2.84. The van der Waals surface area contributed by atoms with Crippen molar-refractivity contribution in [3.8, 4) is 11.3 Å². The maximum atomic E-state index is 12.0. The zero-order valence-corrected chi connectivity index (χ0v) is 12.3. The van der Waals surface area contributed by atoms with Crippen molar-refractivity contribution in [2.24, 2.45) is 0 Å². The number of esters is 1. The number of ether oxygens (including phenoxy) is 1. The summed E-state index contributed by atoms with van der Waals surface area (Å²) in [6, 6.07) is 3.69. The van der Waals surface area contributed by atoms with Crippen LogP contribution in [-0.2, 0) is 11.3 Å². The van der Waals surface area contributed by atoms with Gasteiger partial charge in [0.2, 0.25) is 0 Å². The van der Waals surface area contributed by atoms with Gasteiger partial charge in [-0.2, -0.15) is 0 Å². The summed E-state index contributed by atoms with van der Waals surface area (Å²) in [5, 5.41) is 10.6. The lowest BCUT2D eigenvalue weighted by Gasteiger charge is -2.23. The van der Waals surface area contributed by atoms with Crippen LogP contribution in [0, 0.1) is 0 Å². The van der Waals surface area contributed by atoms with Crippen molar-refractivity contribution in [2.75, 3.05) is 7.11 Å². The normalized spacial score (nSPS) is 17.4. The van der Waals surface area contributed by atoms with Crippen LogP contribution in [0.3, 0.4) is 0 Å². The Morgan fingerprint density at radius 3 is 3.05 bits per heavy atom. The molecule has 1 unspecified atom stereocenters. The first-order valence-electron chi connectivity index (χ1n) is 6.73. The van der Waals surface area contributed by atoms with E-state index in [0.717, 1.165) is 12.0 Å². The van der Waals surface area contributed by atoms with Crippen molar-refractivity contribution < 1.29 is 14.6 Å². The van der Waals surface area contributed by atoms with E-state index in [0.29, 0.717) is 29.4 Å². The third-order valence-corrected chi connectivity index (χ3v) is 4.11. The molecule has 110 valence electrons. The molecule has 0 fully saturated rings. The lowest BCUT2D eigenvalue weighted by Crippen LogP contribution is -2.18. The number of methoxy groups -OCH3 is 1. The number of nitrogens with zero attached hydrogens (tertiary/aromatic N) is 2. The number of carbonyl (C=O) groups excluding carboxylic acids is 1. The van der Waals surface area contributed by atoms with E-state index in [2.05, 4.69) is 4.98 Å². The summed E-state index contributed by atoms with van der Waals surface area (Å²) in [6.45, 7) is 0.702. The predicted molar refractivity (Wildman–Crippen MR) is 78.2 cm³/mol. The van der Waals surface area contributed by atoms with Crippen LogP contribution < -0.4 is 0 Å². The van der Waals surface area contributed by atoms with Gasteiger partial charge < -0.3 is 14.4 Å². The second-order valence-electron chi connectivity index (χ2n) is 4.97. The monoisotopic (exact) mass is 306 g/mol. The lowest BCUT2D eigenvalue weighted by molar-refractivity contribution is 0.0588. The van der Waals surface area contributed by atoms with Gasteiger partial charge in [-0.1, -0.05) is 11.6 Å². The zero-order chi connectivity index (χ0) is 15.0. The van der Waals surface area contributed by atoms with Crippen LogP contribution in [0.2, 0.25) is 5.02 Å². The highest BCUT2D eigenvalue weighted by Crippen LogP contribution is 2.41. The van der Waals surface area contributed by atoms with Crippen LogP contribution in [0.25, 0.3) is 11.3 Å². The Kier molecular flexibility index (Phi) is 3.69. The maximum Gasteiger partial charge on any atom is 0.341 e. The van der Waals surface area contributed by atoms with Gasteiger partial charge in [0.25, 0.3) is 0 Å². The molecule has 1 aliphatic heterocycles. The Morgan fingerprint density at radius 1 is 1.57 bits per heavy atom. The van der Waals surface area contributed by atoms with Gasteiger partial charge in [0, 0.05) is 24.5 Å². The Morgan fingerprint density at radius 2 is 2.38 bits per heavy atom. The molecular weight excluding hydrogens is 292 g/mol. The van der Waals surface area contributed by atoms with Gasteiger partial charge in [-0.15, -0.1) is 0 Å². The molecule has 3 rings (SSSR count). The van der Waals surface area contributed by atoms with Gasteiger partial charge in [0.05, 0.1) is 29.6 Å². The predicted octanol–water partition coefficient (Wildman–Crippen LogP) is 2.82. The smallest absolute Gasteiger partial charge is 0.341 e. The molecule has 0 radical (unpaired) electrons. The summed E-state index contributed by atoms with van der Waals surface area (Å²) < 4.78 is 6.72. The third kappa shape index (κ3) is 2.22. The number of aliphatic hydroxyl groups is 1. The molecule has 1 atom stereocenters. The van der Waals surface area contributed by atoms with E-state index < -0.39 is 12.1 Å². The summed E-state index contributed by atoms with van der Waals surface area (Å²) in [7, 11) is 1.31. The number of aromatic nitrogens is 2. The molecular formula is C15H15ClN2O3. The summed E-state index contributed by atoms with van der Waals surface area (Å²) >= 11 is 6.43. The number of aliphatic hydroxyl groups excluding tert-OH is 1. The van der Waals surface area contributed by atoms with E-state index >= 15 is 0 Å². The van der Waals surface area contributed by atoms with Gasteiger partial charge in [-0.3, -0.25) is 4.98 Å². The van der Waals surface area contributed by atoms with Gasteiger partial charge in [-0.05, 0) is 25.0 Å². The minimum absolute atomic E-state index is 0.255. The Hall–Kier alpha value is -1.85. The van der Waals surface area contributed by atoms with Crippen molar-refractivity contribution in [1.82, 2.24) is 9.55 Å². The third-order valence-electron chi connectivity index (χ3n) is 3.74. The maximum absolute atomic E-state index is 12.0. The van der Waals surface area contributed by atoms with Crippen molar-refractivity contribution >= 4 is 17.6 Å². The molecule has 21 heavy (non-hydrogen) atoms. The van der Waals surface area contributed by atoms with E-state index in [1.807, 2.05) is 16.7 Å². The van der Waals surface area contributed by atoms with E-state index in [9.17, 15) is 9.90 Å². The van der Waals surface area contributed by atoms with Gasteiger partial charge >= 0.3 is 5.97 Å². The number of fused-ring (bicyclic) bond motifs is 1. The molecule has 3 heterocycles. The Balaban J connectivity index is 2.29. The van der Waals surface area contributed by atoms with Crippen molar-refractivity contribution in [1.29, 1.82) is 0 Å². The quantitative estimate of drug-likeness (QED) is 0.867. The average molecular weight is 307 g/mol. The summed E-state index contributed by atoms with van der Waals surface area (Å²) in [5.74, 6) is -0.528. The van der Waals surface area contributed by atoms with E-state index in [-0.39, 0.29) is 5.56 Å². The molecule has 0 amide bonds. The number of carbonyl (C=O) groups is 1. The fourth-order valence-corrected chi connectivity index (χ4v) is 3.23. The molecule has 6 heteroatoms. The van der Waals surface area contributed by atoms with Crippen molar-refractivity contribution in [3.05, 3.63) is 40.8 Å². The van der Waals surface area contributed by atoms with Crippen molar-refractivity contribution in [2.45, 2.75) is 25.5 Å². The van der Waals surface area contributed by atoms with E-state index in [1.54, 1.807) is 12.4 Å². The first-order valence-corrected chi connectivity index (χ1v) is 7.11. The number of hydrogen-bond acceptors (Lipinski definition) is 4. The lowest BCUT2D eigenvalue weighted by atomic mass is 10.0. The van der Waals surface area contributed by atoms with Gasteiger partial charge in [0.15, 0.2) is 0 Å². The van der Waals surface area contributed by atoms with Crippen LogP contribution in [0.5, 0.6) is 0 Å². The average Bonchev–Trinajstić information content (AvgIpc) is 2.81. The molecule has 1 N–H and O–H groups in total. The number of pyridine rings is 1. The highest BCUT2D eigenvalue weighted by atomic mass is 35.5. The minimum atomic E-state index is -0.712. The highest BCUT2D eigenvalue weighted by molar-refractivity contribution is 6.36. The topological polar surface area (TPSA) is 64.3 Å². The molecule has 0 spiro atoms. The van der Waals surface area contributed by atoms with Gasteiger partial charge in [-0.25, -0.2) is 4.79 Å². The number of hydrogen-bond donors (Lipinski definition) is 1. The van der Waals surface area contributed by atoms with Crippen LogP contribution in [0.1, 0.15) is 35.0 Å². The molecule has 0 bridgehead atoms. The molecule has 0 aliphatic carbocycles. The largest absolute Gasteiger partial charge is 0.465 e. The van der Waals surface area contributed by atoms with Crippen LogP contribution >= 0.6 is 11.6 Å². The van der Waals surface area contributed by atoms with Crippen LogP contribution in [0.15, 0.2) is 24.5 Å². The van der Waals surface area contributed by atoms with Gasteiger partial charge in [0.1, 0.15) is 5.56 Å². The first-order chi connectivity index (χ1) is 10.1. The highest BCUT2D eigenvalue weighted by Gasteiger charge is 2.33.